The number of nitrogens with one attached hydrogen (secondary N) is 1. The molecule has 1 aliphatic heterocycles. The third-order valence-electron chi connectivity index (χ3n) is 7.69. The highest BCUT2D eigenvalue weighted by Crippen LogP contribution is 2.50. The Kier molecular flexibility index (Phi) is 6.33. The number of amides is 2. The van der Waals surface area contributed by atoms with Gasteiger partial charge >= 0.3 is 6.18 Å². The minimum atomic E-state index is -4.76. The molecule has 0 spiro atoms. The summed E-state index contributed by atoms with van der Waals surface area (Å²) in [4.78, 5) is 28.3. The van der Waals surface area contributed by atoms with Crippen LogP contribution in [0, 0.1) is 11.7 Å². The summed E-state index contributed by atoms with van der Waals surface area (Å²) in [5, 5.41) is 13.4. The largest absolute Gasteiger partial charge is 0.416 e. The van der Waals surface area contributed by atoms with E-state index in [-0.39, 0.29) is 46.6 Å². The fourth-order valence-corrected chi connectivity index (χ4v) is 6.14. The lowest BCUT2D eigenvalue weighted by molar-refractivity contribution is -0.137. The van der Waals surface area contributed by atoms with Crippen LogP contribution in [-0.4, -0.2) is 53.7 Å². The van der Waals surface area contributed by atoms with Gasteiger partial charge in [-0.25, -0.2) is 12.8 Å². The predicted octanol–water partition coefficient (Wildman–Crippen LogP) is 3.62. The number of piperidine rings is 1. The number of sulfone groups is 1. The molecule has 0 bridgehead atoms. The molecule has 5 rings (SSSR count). The van der Waals surface area contributed by atoms with Gasteiger partial charge in [0.1, 0.15) is 11.9 Å². The van der Waals surface area contributed by atoms with Crippen LogP contribution in [0.1, 0.15) is 60.1 Å². The Morgan fingerprint density at radius 1 is 1.16 bits per heavy atom. The molecule has 0 radical (unpaired) electrons. The van der Waals surface area contributed by atoms with Crippen molar-refractivity contribution in [1.82, 2.24) is 10.2 Å². The van der Waals surface area contributed by atoms with Crippen LogP contribution in [0.5, 0.6) is 0 Å². The minimum Gasteiger partial charge on any atom is -0.387 e. The molecule has 2 N–H and O–H groups in total. The molecule has 2 aliphatic carbocycles. The van der Waals surface area contributed by atoms with E-state index in [1.165, 1.54) is 36.1 Å². The molecule has 2 saturated carbocycles. The second kappa shape index (κ2) is 9.04. The molecule has 38 heavy (non-hydrogen) atoms. The summed E-state index contributed by atoms with van der Waals surface area (Å²) in [6.07, 6.45) is -3.31. The number of benzene rings is 2. The highest BCUT2D eigenvalue weighted by atomic mass is 32.2. The molecular formula is C26H26F4N2O5S. The Morgan fingerprint density at radius 3 is 2.47 bits per heavy atom. The van der Waals surface area contributed by atoms with Gasteiger partial charge in [0.15, 0.2) is 9.84 Å². The van der Waals surface area contributed by atoms with Crippen molar-refractivity contribution in [3.63, 3.8) is 0 Å². The standard InChI is InChI=1S/C26H26F4N2O5S/c1-2-38(36,37)17-5-3-4-14(10-17)24(34)32-20-11-15(20)12-21(32)23(33)31-22(25(35)8-9-25)18-7-6-16(13-19(18)27)26(28,29)30/h3-7,10,13,15,20-22,35H,2,8-9,11-12H2,1H3,(H,31,33)/t15-,20-,21-,22+/m1/s1. The summed E-state index contributed by atoms with van der Waals surface area (Å²) in [6.45, 7) is 1.49. The molecule has 2 aromatic carbocycles. The molecule has 4 atom stereocenters. The van der Waals surface area contributed by atoms with E-state index in [4.69, 9.17) is 0 Å². The first-order chi connectivity index (χ1) is 17.7. The van der Waals surface area contributed by atoms with Gasteiger partial charge in [0, 0.05) is 17.2 Å². The van der Waals surface area contributed by atoms with Crippen LogP contribution in [-0.2, 0) is 20.8 Å². The predicted molar refractivity (Wildman–Crippen MR) is 127 cm³/mol. The number of hydrogen-bond donors (Lipinski definition) is 2. The van der Waals surface area contributed by atoms with Gasteiger partial charge in [0.2, 0.25) is 5.91 Å². The maximum atomic E-state index is 14.8. The van der Waals surface area contributed by atoms with E-state index in [0.717, 1.165) is 6.07 Å². The third kappa shape index (κ3) is 4.79. The lowest BCUT2D eigenvalue weighted by Gasteiger charge is -2.31. The first-order valence-electron chi connectivity index (χ1n) is 12.3. The van der Waals surface area contributed by atoms with Gasteiger partial charge in [-0.05, 0) is 61.9 Å². The lowest BCUT2D eigenvalue weighted by Crippen LogP contribution is -2.50. The Hall–Kier alpha value is -2.99. The van der Waals surface area contributed by atoms with E-state index >= 15 is 0 Å². The Balaban J connectivity index is 1.40. The topological polar surface area (TPSA) is 104 Å². The van der Waals surface area contributed by atoms with Crippen LogP contribution in [0.4, 0.5) is 17.6 Å². The number of fused-ring (bicyclic) bond motifs is 1. The summed E-state index contributed by atoms with van der Waals surface area (Å²) in [7, 11) is -3.57. The number of nitrogens with zero attached hydrogens (tertiary/aromatic N) is 1. The summed E-state index contributed by atoms with van der Waals surface area (Å²) < 4.78 is 78.4. The highest BCUT2D eigenvalue weighted by Gasteiger charge is 2.57. The molecule has 1 saturated heterocycles. The van der Waals surface area contributed by atoms with E-state index in [1.807, 2.05) is 0 Å². The molecule has 0 aromatic heterocycles. The zero-order valence-corrected chi connectivity index (χ0v) is 21.2. The molecule has 3 aliphatic rings. The summed E-state index contributed by atoms with van der Waals surface area (Å²) in [5.41, 5.74) is -2.87. The van der Waals surface area contributed by atoms with Crippen LogP contribution < -0.4 is 5.32 Å². The lowest BCUT2D eigenvalue weighted by atomic mass is 9.96. The van der Waals surface area contributed by atoms with Crippen molar-refractivity contribution in [3.8, 4) is 0 Å². The van der Waals surface area contributed by atoms with Crippen molar-refractivity contribution in [2.45, 2.75) is 67.4 Å². The van der Waals surface area contributed by atoms with Gasteiger partial charge in [-0.3, -0.25) is 9.59 Å². The van der Waals surface area contributed by atoms with Crippen molar-refractivity contribution in [2.75, 3.05) is 5.75 Å². The van der Waals surface area contributed by atoms with Gasteiger partial charge in [-0.1, -0.05) is 19.1 Å². The molecule has 2 amide bonds. The van der Waals surface area contributed by atoms with Crippen LogP contribution >= 0.6 is 0 Å². The van der Waals surface area contributed by atoms with Crippen molar-refractivity contribution in [1.29, 1.82) is 0 Å². The molecule has 0 unspecified atom stereocenters. The number of carbonyl (C=O) groups excluding carboxylic acids is 2. The second-order valence-electron chi connectivity index (χ2n) is 10.2. The molecule has 7 nitrogen and oxygen atoms in total. The first kappa shape index (κ1) is 26.6. The van der Waals surface area contributed by atoms with Gasteiger partial charge in [-0.2, -0.15) is 13.2 Å². The minimum absolute atomic E-state index is 0.00723. The summed E-state index contributed by atoms with van der Waals surface area (Å²) in [6, 6.07) is 5.06. The average molecular weight is 555 g/mol. The number of carbonyl (C=O) groups is 2. The van der Waals surface area contributed by atoms with Crippen LogP contribution in [0.15, 0.2) is 47.4 Å². The molecule has 204 valence electrons. The zero-order valence-electron chi connectivity index (χ0n) is 20.3. The fraction of sp³-hybridized carbons (Fsp3) is 0.462. The number of aliphatic hydroxyl groups is 1. The van der Waals surface area contributed by atoms with Crippen LogP contribution in [0.3, 0.4) is 0 Å². The number of likely N-dealkylation sites (tertiary alicyclic amines) is 1. The molecule has 2 aromatic rings. The number of halogens is 4. The van der Waals surface area contributed by atoms with Crippen LogP contribution in [0.25, 0.3) is 0 Å². The maximum Gasteiger partial charge on any atom is 0.416 e. The third-order valence-corrected chi connectivity index (χ3v) is 9.42. The van der Waals surface area contributed by atoms with Crippen molar-refractivity contribution in [3.05, 3.63) is 65.0 Å². The fourth-order valence-electron chi connectivity index (χ4n) is 5.22. The first-order valence-corrected chi connectivity index (χ1v) is 14.0. The van der Waals surface area contributed by atoms with E-state index in [1.54, 1.807) is 0 Å². The zero-order chi connectivity index (χ0) is 27.6. The molecule has 1 heterocycles. The number of hydrogen-bond acceptors (Lipinski definition) is 5. The van der Waals surface area contributed by atoms with Gasteiger partial charge in [-0.15, -0.1) is 0 Å². The normalized spacial score (nSPS) is 24.5. The average Bonchev–Trinajstić information content (AvgIpc) is 3.78. The highest BCUT2D eigenvalue weighted by molar-refractivity contribution is 7.91. The molecule has 3 fully saturated rings. The monoisotopic (exact) mass is 554 g/mol. The SMILES string of the molecule is CCS(=O)(=O)c1cccc(C(=O)N2[C@@H](C(=O)N[C@@H](c3ccc(C(F)(F)F)cc3F)C3(O)CC3)C[C@H]3C[C@H]32)c1. The van der Waals surface area contributed by atoms with Gasteiger partial charge in [0.25, 0.3) is 5.91 Å². The Morgan fingerprint density at radius 2 is 1.87 bits per heavy atom. The molecular weight excluding hydrogens is 528 g/mol. The maximum absolute atomic E-state index is 14.8. The van der Waals surface area contributed by atoms with E-state index in [0.29, 0.717) is 25.0 Å². The second-order valence-corrected chi connectivity index (χ2v) is 12.5. The number of alkyl halides is 3. The smallest absolute Gasteiger partial charge is 0.387 e. The number of rotatable bonds is 7. The van der Waals surface area contributed by atoms with Crippen molar-refractivity contribution < 1.29 is 40.7 Å². The van der Waals surface area contributed by atoms with E-state index < -0.39 is 56.9 Å². The Labute approximate surface area is 216 Å². The van der Waals surface area contributed by atoms with Gasteiger partial charge in [0.05, 0.1) is 27.9 Å². The molecule has 12 heteroatoms. The summed E-state index contributed by atoms with van der Waals surface area (Å²) in [5.74, 6) is -2.46. The summed E-state index contributed by atoms with van der Waals surface area (Å²) >= 11 is 0. The van der Waals surface area contributed by atoms with Crippen molar-refractivity contribution in [2.24, 2.45) is 5.92 Å². The van der Waals surface area contributed by atoms with Gasteiger partial charge < -0.3 is 15.3 Å². The van der Waals surface area contributed by atoms with Crippen molar-refractivity contribution >= 4 is 21.7 Å². The van der Waals surface area contributed by atoms with E-state index in [9.17, 15) is 40.7 Å². The quantitative estimate of drug-likeness (QED) is 0.509. The van der Waals surface area contributed by atoms with E-state index in [2.05, 4.69) is 5.32 Å². The Bertz CT molecular complexity index is 1410. The van der Waals surface area contributed by atoms with Crippen LogP contribution in [0.2, 0.25) is 0 Å².